The minimum atomic E-state index is -3.11. The van der Waals surface area contributed by atoms with Crippen molar-refractivity contribution in [3.63, 3.8) is 0 Å². The van der Waals surface area contributed by atoms with Crippen LogP contribution >= 0.6 is 0 Å². The lowest BCUT2D eigenvalue weighted by molar-refractivity contribution is 0.404. The van der Waals surface area contributed by atoms with Crippen LogP contribution in [0.3, 0.4) is 0 Å². The predicted molar refractivity (Wildman–Crippen MR) is 66.7 cm³/mol. The van der Waals surface area contributed by atoms with Crippen LogP contribution in [-0.2, 0) is 16.4 Å². The second-order valence-electron chi connectivity index (χ2n) is 4.92. The molecule has 2 rings (SSSR count). The Morgan fingerprint density at radius 1 is 1.39 bits per heavy atom. The quantitative estimate of drug-likeness (QED) is 0.887. The van der Waals surface area contributed by atoms with Gasteiger partial charge in [0, 0.05) is 6.04 Å². The van der Waals surface area contributed by atoms with Crippen LogP contribution < -0.4 is 5.32 Å². The summed E-state index contributed by atoms with van der Waals surface area (Å²) in [5.41, 5.74) is 0. The Bertz CT molecular complexity index is 495. The molecule has 1 atom stereocenters. The summed E-state index contributed by atoms with van der Waals surface area (Å²) < 4.78 is 29.3. The lowest BCUT2D eigenvalue weighted by Gasteiger charge is -2.18. The van der Waals surface area contributed by atoms with Crippen molar-refractivity contribution in [1.29, 1.82) is 0 Å². The fourth-order valence-electron chi connectivity index (χ4n) is 1.99. The van der Waals surface area contributed by atoms with E-state index in [1.54, 1.807) is 0 Å². The zero-order valence-electron chi connectivity index (χ0n) is 10.7. The first kappa shape index (κ1) is 13.5. The van der Waals surface area contributed by atoms with Gasteiger partial charge in [-0.3, -0.25) is 0 Å². The third-order valence-corrected chi connectivity index (χ3v) is 5.16. The first-order valence-electron chi connectivity index (χ1n) is 6.26. The molecule has 18 heavy (non-hydrogen) atoms. The zero-order chi connectivity index (χ0) is 13.2. The van der Waals surface area contributed by atoms with Crippen LogP contribution in [0, 0.1) is 0 Å². The zero-order valence-corrected chi connectivity index (χ0v) is 11.5. The van der Waals surface area contributed by atoms with Gasteiger partial charge in [0.05, 0.1) is 12.3 Å². The molecule has 0 saturated carbocycles. The molecule has 6 nitrogen and oxygen atoms in total. The largest absolute Gasteiger partial charge is 0.422 e. The van der Waals surface area contributed by atoms with Crippen LogP contribution in [0.1, 0.15) is 50.1 Å². The molecule has 0 aliphatic carbocycles. The van der Waals surface area contributed by atoms with Gasteiger partial charge in [-0.1, -0.05) is 20.3 Å². The molecule has 7 heteroatoms. The molecule has 0 spiro atoms. The smallest absolute Gasteiger partial charge is 0.234 e. The predicted octanol–water partition coefficient (Wildman–Crippen LogP) is 1.21. The van der Waals surface area contributed by atoms with Crippen LogP contribution in [-0.4, -0.2) is 30.4 Å². The maximum absolute atomic E-state index is 11.9. The fraction of sp³-hybridized carbons (Fsp3) is 0.818. The molecule has 1 N–H and O–H groups in total. The van der Waals surface area contributed by atoms with E-state index >= 15 is 0 Å². The number of rotatable bonds is 4. The van der Waals surface area contributed by atoms with E-state index in [1.807, 2.05) is 13.8 Å². The van der Waals surface area contributed by atoms with Crippen molar-refractivity contribution in [2.45, 2.75) is 50.9 Å². The minimum Gasteiger partial charge on any atom is -0.422 e. The average molecular weight is 273 g/mol. The van der Waals surface area contributed by atoms with Gasteiger partial charge < -0.3 is 9.73 Å². The summed E-state index contributed by atoms with van der Waals surface area (Å²) in [7, 11) is -3.11. The Morgan fingerprint density at radius 2 is 2.17 bits per heavy atom. The lowest BCUT2D eigenvalue weighted by Crippen LogP contribution is -2.22. The van der Waals surface area contributed by atoms with Gasteiger partial charge in [-0.2, -0.15) is 0 Å². The van der Waals surface area contributed by atoms with Crippen molar-refractivity contribution in [2.75, 3.05) is 5.75 Å². The van der Waals surface area contributed by atoms with Crippen LogP contribution in [0.4, 0.5) is 0 Å². The van der Waals surface area contributed by atoms with Crippen molar-refractivity contribution in [3.05, 3.63) is 11.8 Å². The van der Waals surface area contributed by atoms with E-state index in [0.717, 1.165) is 12.8 Å². The maximum Gasteiger partial charge on any atom is 0.234 e. The molecule has 1 aromatic rings. The van der Waals surface area contributed by atoms with Crippen molar-refractivity contribution in [3.8, 4) is 0 Å². The Labute approximate surface area is 107 Å². The van der Waals surface area contributed by atoms with E-state index in [1.165, 1.54) is 0 Å². The summed E-state index contributed by atoms with van der Waals surface area (Å²) in [6.45, 7) is 4.50. The van der Waals surface area contributed by atoms with Gasteiger partial charge in [-0.05, 0) is 12.8 Å². The number of hydrogen-bond acceptors (Lipinski definition) is 6. The maximum atomic E-state index is 11.9. The van der Waals surface area contributed by atoms with Crippen molar-refractivity contribution >= 4 is 9.84 Å². The van der Waals surface area contributed by atoms with Crippen molar-refractivity contribution in [1.82, 2.24) is 15.5 Å². The molecule has 0 radical (unpaired) electrons. The summed E-state index contributed by atoms with van der Waals surface area (Å²) in [6, 6.07) is 0.318. The van der Waals surface area contributed by atoms with E-state index < -0.39 is 15.1 Å². The highest BCUT2D eigenvalue weighted by Gasteiger charge is 2.34. The monoisotopic (exact) mass is 273 g/mol. The van der Waals surface area contributed by atoms with Gasteiger partial charge in [-0.25, -0.2) is 8.42 Å². The SMILES string of the molecule is CC(C)NCc1nnc(C2CCCCS2(=O)=O)o1. The Morgan fingerprint density at radius 3 is 2.83 bits per heavy atom. The van der Waals surface area contributed by atoms with Gasteiger partial charge in [-0.15, -0.1) is 10.2 Å². The average Bonchev–Trinajstić information content (AvgIpc) is 2.74. The molecule has 1 aliphatic rings. The third-order valence-electron chi connectivity index (χ3n) is 3.00. The molecule has 1 unspecified atom stereocenters. The van der Waals surface area contributed by atoms with Crippen LogP contribution in [0.25, 0.3) is 0 Å². The van der Waals surface area contributed by atoms with Crippen molar-refractivity contribution in [2.24, 2.45) is 0 Å². The number of sulfone groups is 1. The molecular weight excluding hydrogens is 254 g/mol. The second-order valence-corrected chi connectivity index (χ2v) is 7.22. The topological polar surface area (TPSA) is 85.1 Å². The molecule has 0 bridgehead atoms. The van der Waals surface area contributed by atoms with Crippen LogP contribution in [0.5, 0.6) is 0 Å². The van der Waals surface area contributed by atoms with Crippen LogP contribution in [0.2, 0.25) is 0 Å². The van der Waals surface area contributed by atoms with E-state index in [9.17, 15) is 8.42 Å². The highest BCUT2D eigenvalue weighted by atomic mass is 32.2. The van der Waals surface area contributed by atoms with Gasteiger partial charge in [0.15, 0.2) is 9.84 Å². The fourth-order valence-corrected chi connectivity index (χ4v) is 3.81. The molecular formula is C11H19N3O3S. The molecule has 1 saturated heterocycles. The summed E-state index contributed by atoms with van der Waals surface area (Å²) >= 11 is 0. The van der Waals surface area contributed by atoms with Gasteiger partial charge in [0.1, 0.15) is 5.25 Å². The molecule has 2 heterocycles. The molecule has 1 aromatic heterocycles. The Hall–Kier alpha value is -0.950. The van der Waals surface area contributed by atoms with Gasteiger partial charge in [0.25, 0.3) is 0 Å². The molecule has 1 aliphatic heterocycles. The second kappa shape index (κ2) is 5.36. The summed E-state index contributed by atoms with van der Waals surface area (Å²) in [4.78, 5) is 0. The number of nitrogens with one attached hydrogen (secondary N) is 1. The number of hydrogen-bond donors (Lipinski definition) is 1. The molecule has 1 fully saturated rings. The van der Waals surface area contributed by atoms with Gasteiger partial charge in [0.2, 0.25) is 11.8 Å². The Kier molecular flexibility index (Phi) is 4.01. The summed E-state index contributed by atoms with van der Waals surface area (Å²) in [6.07, 6.45) is 2.21. The highest BCUT2D eigenvalue weighted by Crippen LogP contribution is 2.32. The lowest BCUT2D eigenvalue weighted by atomic mass is 10.2. The number of nitrogens with zero attached hydrogens (tertiary/aromatic N) is 2. The normalized spacial score (nSPS) is 23.4. The molecule has 0 amide bonds. The summed E-state index contributed by atoms with van der Waals surface area (Å²) in [5, 5.41) is 10.3. The number of aromatic nitrogens is 2. The minimum absolute atomic E-state index is 0.222. The van der Waals surface area contributed by atoms with E-state index in [2.05, 4.69) is 15.5 Å². The molecule has 102 valence electrons. The third kappa shape index (κ3) is 3.08. The first-order valence-corrected chi connectivity index (χ1v) is 7.98. The van der Waals surface area contributed by atoms with Crippen molar-refractivity contribution < 1.29 is 12.8 Å². The van der Waals surface area contributed by atoms with E-state index in [4.69, 9.17) is 4.42 Å². The van der Waals surface area contributed by atoms with Crippen LogP contribution in [0.15, 0.2) is 4.42 Å². The standard InChI is InChI=1S/C11H19N3O3S/c1-8(2)12-7-10-13-14-11(17-10)9-5-3-4-6-18(9,15)16/h8-9,12H,3-7H2,1-2H3. The molecule has 0 aromatic carbocycles. The highest BCUT2D eigenvalue weighted by molar-refractivity contribution is 7.91. The van der Waals surface area contributed by atoms with E-state index in [0.29, 0.717) is 24.9 Å². The summed E-state index contributed by atoms with van der Waals surface area (Å²) in [5.74, 6) is 0.911. The first-order chi connectivity index (χ1) is 8.49. The van der Waals surface area contributed by atoms with E-state index in [-0.39, 0.29) is 11.6 Å². The van der Waals surface area contributed by atoms with Gasteiger partial charge >= 0.3 is 0 Å². The Balaban J connectivity index is 2.09.